The van der Waals surface area contributed by atoms with Gasteiger partial charge in [0.05, 0.1) is 4.83 Å². The molecule has 3 heteroatoms. The molecule has 0 N–H and O–H groups in total. The van der Waals surface area contributed by atoms with Crippen molar-refractivity contribution in [1.82, 2.24) is 0 Å². The minimum absolute atomic E-state index is 0.0519. The molecule has 1 atom stereocenters. The molecule has 0 aliphatic rings. The molecule has 0 aliphatic heterocycles. The third-order valence-electron chi connectivity index (χ3n) is 3.32. The summed E-state index contributed by atoms with van der Waals surface area (Å²) in [6, 6.07) is 11.7. The standard InChI is InChI=1S/C17H17BrF2/c1-17(2,3)12-9-7-11(8-10-12)16(18)15-13(19)5-4-6-14(15)20/h4-10,16H,1-3H3. The first kappa shape index (κ1) is 15.2. The highest BCUT2D eigenvalue weighted by atomic mass is 79.9. The molecular weight excluding hydrogens is 322 g/mol. The van der Waals surface area contributed by atoms with Crippen LogP contribution in [-0.2, 0) is 5.41 Å². The van der Waals surface area contributed by atoms with Gasteiger partial charge < -0.3 is 0 Å². The summed E-state index contributed by atoms with van der Waals surface area (Å²) in [6.07, 6.45) is 0. The van der Waals surface area contributed by atoms with Gasteiger partial charge in [-0.05, 0) is 28.7 Å². The number of rotatable bonds is 2. The fraction of sp³-hybridized carbons (Fsp3) is 0.294. The summed E-state index contributed by atoms with van der Waals surface area (Å²) in [5, 5.41) is 0. The van der Waals surface area contributed by atoms with Crippen LogP contribution in [0, 0.1) is 11.6 Å². The maximum Gasteiger partial charge on any atom is 0.130 e. The highest BCUT2D eigenvalue weighted by Gasteiger charge is 2.20. The lowest BCUT2D eigenvalue weighted by Gasteiger charge is -2.20. The van der Waals surface area contributed by atoms with Crippen LogP contribution in [0.2, 0.25) is 0 Å². The van der Waals surface area contributed by atoms with E-state index in [0.717, 1.165) is 5.56 Å². The van der Waals surface area contributed by atoms with Crippen molar-refractivity contribution in [2.45, 2.75) is 31.0 Å². The molecule has 0 nitrogen and oxygen atoms in total. The van der Waals surface area contributed by atoms with Gasteiger partial charge in [0.25, 0.3) is 0 Å². The van der Waals surface area contributed by atoms with Gasteiger partial charge >= 0.3 is 0 Å². The van der Waals surface area contributed by atoms with Crippen molar-refractivity contribution in [3.8, 4) is 0 Å². The van der Waals surface area contributed by atoms with Crippen LogP contribution >= 0.6 is 15.9 Å². The summed E-state index contributed by atoms with van der Waals surface area (Å²) in [5.74, 6) is -1.07. The molecule has 2 aromatic carbocycles. The van der Waals surface area contributed by atoms with Crippen molar-refractivity contribution in [3.63, 3.8) is 0 Å². The maximum atomic E-state index is 13.8. The molecule has 2 aromatic rings. The number of alkyl halides is 1. The van der Waals surface area contributed by atoms with Crippen molar-refractivity contribution in [3.05, 3.63) is 70.8 Å². The molecule has 0 aromatic heterocycles. The van der Waals surface area contributed by atoms with Crippen LogP contribution in [0.3, 0.4) is 0 Å². The van der Waals surface area contributed by atoms with E-state index >= 15 is 0 Å². The Hall–Kier alpha value is -1.22. The summed E-state index contributed by atoms with van der Waals surface area (Å²) in [7, 11) is 0. The van der Waals surface area contributed by atoms with E-state index in [2.05, 4.69) is 36.7 Å². The minimum atomic E-state index is -0.535. The van der Waals surface area contributed by atoms with Gasteiger partial charge in [0.2, 0.25) is 0 Å². The lowest BCUT2D eigenvalue weighted by Crippen LogP contribution is -2.11. The van der Waals surface area contributed by atoms with Crippen LogP contribution < -0.4 is 0 Å². The van der Waals surface area contributed by atoms with Gasteiger partial charge in [0, 0.05) is 5.56 Å². The Labute approximate surface area is 127 Å². The monoisotopic (exact) mass is 338 g/mol. The number of hydrogen-bond acceptors (Lipinski definition) is 0. The van der Waals surface area contributed by atoms with Gasteiger partial charge in [0.1, 0.15) is 11.6 Å². The zero-order valence-electron chi connectivity index (χ0n) is 11.8. The average Bonchev–Trinajstić information content (AvgIpc) is 2.37. The third kappa shape index (κ3) is 3.09. The van der Waals surface area contributed by atoms with E-state index < -0.39 is 16.5 Å². The Morgan fingerprint density at radius 1 is 0.900 bits per heavy atom. The molecule has 20 heavy (non-hydrogen) atoms. The topological polar surface area (TPSA) is 0 Å². The number of halogens is 3. The molecular formula is C17H17BrF2. The SMILES string of the molecule is CC(C)(C)c1ccc(C(Br)c2c(F)cccc2F)cc1. The summed E-state index contributed by atoms with van der Waals surface area (Å²) < 4.78 is 27.6. The summed E-state index contributed by atoms with van der Waals surface area (Å²) in [6.45, 7) is 6.39. The molecule has 2 rings (SSSR count). The van der Waals surface area contributed by atoms with Crippen LogP contribution in [0.4, 0.5) is 8.78 Å². The van der Waals surface area contributed by atoms with E-state index in [-0.39, 0.29) is 11.0 Å². The van der Waals surface area contributed by atoms with Crippen LogP contribution in [0.15, 0.2) is 42.5 Å². The molecule has 0 amide bonds. The summed E-state index contributed by atoms with van der Waals surface area (Å²) in [5.41, 5.74) is 2.14. The zero-order valence-corrected chi connectivity index (χ0v) is 13.3. The first-order valence-electron chi connectivity index (χ1n) is 6.49. The first-order chi connectivity index (χ1) is 9.30. The highest BCUT2D eigenvalue weighted by Crippen LogP contribution is 2.35. The van der Waals surface area contributed by atoms with E-state index in [4.69, 9.17) is 0 Å². The molecule has 0 aliphatic carbocycles. The Morgan fingerprint density at radius 3 is 1.85 bits per heavy atom. The normalized spacial score (nSPS) is 13.3. The largest absolute Gasteiger partial charge is 0.207 e. The lowest BCUT2D eigenvalue weighted by molar-refractivity contribution is 0.560. The van der Waals surface area contributed by atoms with Gasteiger partial charge in [-0.1, -0.05) is 67.0 Å². The van der Waals surface area contributed by atoms with Crippen molar-refractivity contribution in [2.24, 2.45) is 0 Å². The number of hydrogen-bond donors (Lipinski definition) is 0. The maximum absolute atomic E-state index is 13.8. The quantitative estimate of drug-likeness (QED) is 0.612. The second-order valence-corrected chi connectivity index (χ2v) is 6.79. The van der Waals surface area contributed by atoms with Gasteiger partial charge in [-0.15, -0.1) is 0 Å². The van der Waals surface area contributed by atoms with Gasteiger partial charge in [0.15, 0.2) is 0 Å². The van der Waals surface area contributed by atoms with Crippen LogP contribution in [0.5, 0.6) is 0 Å². The molecule has 0 bridgehead atoms. The van der Waals surface area contributed by atoms with Gasteiger partial charge in [-0.25, -0.2) is 8.78 Å². The predicted octanol–water partition coefficient (Wildman–Crippen LogP) is 5.75. The van der Waals surface area contributed by atoms with Crippen LogP contribution in [0.1, 0.15) is 42.3 Å². The van der Waals surface area contributed by atoms with E-state index in [1.54, 1.807) is 0 Å². The Bertz CT molecular complexity index is 577. The molecule has 0 heterocycles. The fourth-order valence-electron chi connectivity index (χ4n) is 2.07. The van der Waals surface area contributed by atoms with E-state index in [0.29, 0.717) is 0 Å². The summed E-state index contributed by atoms with van der Waals surface area (Å²) in [4.78, 5) is -0.488. The zero-order chi connectivity index (χ0) is 14.9. The molecule has 0 saturated heterocycles. The van der Waals surface area contributed by atoms with Gasteiger partial charge in [-0.3, -0.25) is 0 Å². The van der Waals surface area contributed by atoms with E-state index in [9.17, 15) is 8.78 Å². The molecule has 0 fully saturated rings. The Balaban J connectivity index is 2.37. The third-order valence-corrected chi connectivity index (χ3v) is 4.31. The van der Waals surface area contributed by atoms with E-state index in [1.165, 1.54) is 23.8 Å². The first-order valence-corrected chi connectivity index (χ1v) is 7.40. The Morgan fingerprint density at radius 2 is 1.40 bits per heavy atom. The van der Waals surface area contributed by atoms with E-state index in [1.807, 2.05) is 24.3 Å². The lowest BCUT2D eigenvalue weighted by atomic mass is 9.86. The van der Waals surface area contributed by atoms with Crippen molar-refractivity contribution >= 4 is 15.9 Å². The second kappa shape index (κ2) is 5.65. The predicted molar refractivity (Wildman–Crippen MR) is 82.3 cm³/mol. The molecule has 1 unspecified atom stereocenters. The number of benzene rings is 2. The minimum Gasteiger partial charge on any atom is -0.207 e. The highest BCUT2D eigenvalue weighted by molar-refractivity contribution is 9.09. The smallest absolute Gasteiger partial charge is 0.130 e. The molecule has 0 spiro atoms. The fourth-order valence-corrected chi connectivity index (χ4v) is 2.81. The van der Waals surface area contributed by atoms with Gasteiger partial charge in [-0.2, -0.15) is 0 Å². The average molecular weight is 339 g/mol. The molecule has 106 valence electrons. The molecule has 0 saturated carbocycles. The van der Waals surface area contributed by atoms with Crippen molar-refractivity contribution < 1.29 is 8.78 Å². The van der Waals surface area contributed by atoms with Crippen molar-refractivity contribution in [2.75, 3.05) is 0 Å². The van der Waals surface area contributed by atoms with Crippen LogP contribution in [-0.4, -0.2) is 0 Å². The Kier molecular flexibility index (Phi) is 4.28. The van der Waals surface area contributed by atoms with Crippen LogP contribution in [0.25, 0.3) is 0 Å². The molecule has 0 radical (unpaired) electrons. The van der Waals surface area contributed by atoms with Crippen molar-refractivity contribution in [1.29, 1.82) is 0 Å². The second-order valence-electron chi connectivity index (χ2n) is 5.87. The summed E-state index contributed by atoms with van der Waals surface area (Å²) >= 11 is 3.39.